The van der Waals surface area contributed by atoms with Gasteiger partial charge in [-0.25, -0.2) is 22.5 Å². The Morgan fingerprint density at radius 1 is 1.11 bits per heavy atom. The molecule has 4 N–H and O–H groups in total. The Kier molecular flexibility index (Phi) is 9.18. The highest BCUT2D eigenvalue weighted by atomic mass is 19.4. The summed E-state index contributed by atoms with van der Waals surface area (Å²) in [5, 5.41) is 6.36. The molecule has 246 valence electrons. The van der Waals surface area contributed by atoms with Crippen molar-refractivity contribution in [2.45, 2.75) is 70.6 Å². The lowest BCUT2D eigenvalue weighted by atomic mass is 9.95. The van der Waals surface area contributed by atoms with Gasteiger partial charge in [-0.15, -0.1) is 0 Å². The lowest BCUT2D eigenvalue weighted by molar-refractivity contribution is -0.137. The topological polar surface area (TPSA) is 110 Å². The number of likely N-dealkylation sites (N-methyl/N-ethyl adjacent to an activating group) is 1. The predicted molar refractivity (Wildman–Crippen MR) is 153 cm³/mol. The molecule has 0 saturated carbocycles. The molecule has 3 aromatic rings. The average molecular weight is 646 g/mol. The molecular weight excluding hydrogens is 611 g/mol. The van der Waals surface area contributed by atoms with E-state index in [9.17, 15) is 22.0 Å². The number of halogens is 7. The molecule has 2 aliphatic rings. The van der Waals surface area contributed by atoms with E-state index < -0.39 is 69.5 Å². The van der Waals surface area contributed by atoms with Crippen LogP contribution in [-0.4, -0.2) is 77.5 Å². The number of likely N-dealkylation sites (tertiary alicyclic amines) is 1. The largest absolute Gasteiger partial charge is 0.474 e. The Bertz CT molecular complexity index is 1590. The normalized spacial score (nSPS) is 23.0. The number of nitrogens with one attached hydrogen (secondary N) is 2. The second kappa shape index (κ2) is 12.6. The molecule has 0 radical (unpaired) electrons. The van der Waals surface area contributed by atoms with Crippen molar-refractivity contribution in [1.82, 2.24) is 25.2 Å². The molecule has 4 heterocycles. The summed E-state index contributed by atoms with van der Waals surface area (Å²) in [4.78, 5) is 14.4. The van der Waals surface area contributed by atoms with Gasteiger partial charge in [0, 0.05) is 25.2 Å². The standard InChI is InChI=1S/C29H34F7N7O2/c1-5-15-9-39-26-18-25(41-28(42-26)44-11-16-8-14(30)10-43(16)4)22(33)24(40-27(18)45-12(2)6-7-38-15)17-19(29(34,35)36)13(3)20(31)23(37)21(17)32/h12,14-16,38H,5-11,37H2,1-4H3,(H,39,41,42)/t12-,14+,15?,16-/m0/s1. The summed E-state index contributed by atoms with van der Waals surface area (Å²) in [5.74, 6) is -5.29. The first-order valence-corrected chi connectivity index (χ1v) is 14.6. The quantitative estimate of drug-likeness (QED) is 0.249. The molecule has 1 fully saturated rings. The van der Waals surface area contributed by atoms with E-state index in [0.29, 0.717) is 25.9 Å². The van der Waals surface area contributed by atoms with Crippen molar-refractivity contribution in [3.8, 4) is 23.1 Å². The fourth-order valence-corrected chi connectivity index (χ4v) is 5.68. The smallest absolute Gasteiger partial charge is 0.417 e. The minimum Gasteiger partial charge on any atom is -0.474 e. The van der Waals surface area contributed by atoms with Crippen molar-refractivity contribution in [3.63, 3.8) is 0 Å². The highest BCUT2D eigenvalue weighted by Crippen LogP contribution is 2.46. The van der Waals surface area contributed by atoms with E-state index in [4.69, 9.17) is 15.2 Å². The molecule has 2 aromatic heterocycles. The molecule has 4 atom stereocenters. The van der Waals surface area contributed by atoms with Crippen LogP contribution >= 0.6 is 0 Å². The molecule has 1 unspecified atom stereocenters. The third-order valence-electron chi connectivity index (χ3n) is 8.25. The number of aromatic nitrogens is 3. The van der Waals surface area contributed by atoms with Gasteiger partial charge in [0.05, 0.1) is 17.2 Å². The van der Waals surface area contributed by atoms with E-state index >= 15 is 8.78 Å². The second-order valence-electron chi connectivity index (χ2n) is 11.5. The van der Waals surface area contributed by atoms with Gasteiger partial charge in [0.25, 0.3) is 0 Å². The fourth-order valence-electron chi connectivity index (χ4n) is 5.68. The second-order valence-corrected chi connectivity index (χ2v) is 11.5. The number of pyridine rings is 1. The molecule has 5 rings (SSSR count). The highest BCUT2D eigenvalue weighted by molar-refractivity contribution is 5.97. The van der Waals surface area contributed by atoms with E-state index in [1.807, 2.05) is 6.92 Å². The summed E-state index contributed by atoms with van der Waals surface area (Å²) in [6.45, 7) is 5.34. The van der Waals surface area contributed by atoms with Gasteiger partial charge in [0.1, 0.15) is 40.9 Å². The number of nitrogens with two attached hydrogens (primary N) is 1. The molecule has 45 heavy (non-hydrogen) atoms. The zero-order chi connectivity index (χ0) is 32.8. The average Bonchev–Trinajstić information content (AvgIpc) is 3.29. The van der Waals surface area contributed by atoms with Gasteiger partial charge in [-0.1, -0.05) is 6.92 Å². The maximum absolute atomic E-state index is 16.5. The third kappa shape index (κ3) is 6.39. The summed E-state index contributed by atoms with van der Waals surface area (Å²) < 4.78 is 115. The number of ether oxygens (including phenoxy) is 2. The van der Waals surface area contributed by atoms with E-state index in [1.54, 1.807) is 18.9 Å². The minimum absolute atomic E-state index is 0.00626. The molecular formula is C29H34F7N7O2. The number of nitrogen functional groups attached to an aromatic ring is 1. The van der Waals surface area contributed by atoms with E-state index in [2.05, 4.69) is 25.6 Å². The lowest BCUT2D eigenvalue weighted by Gasteiger charge is -2.22. The van der Waals surface area contributed by atoms with Gasteiger partial charge in [-0.05, 0) is 52.3 Å². The van der Waals surface area contributed by atoms with Gasteiger partial charge in [0.15, 0.2) is 17.5 Å². The van der Waals surface area contributed by atoms with E-state index in [-0.39, 0.29) is 54.8 Å². The lowest BCUT2D eigenvalue weighted by Crippen LogP contribution is -2.36. The van der Waals surface area contributed by atoms with Gasteiger partial charge in [-0.2, -0.15) is 23.1 Å². The Morgan fingerprint density at radius 2 is 1.84 bits per heavy atom. The van der Waals surface area contributed by atoms with Crippen LogP contribution in [0.25, 0.3) is 22.2 Å². The van der Waals surface area contributed by atoms with E-state index in [0.717, 1.165) is 6.92 Å². The van der Waals surface area contributed by atoms with Crippen LogP contribution in [0.3, 0.4) is 0 Å². The summed E-state index contributed by atoms with van der Waals surface area (Å²) in [5.41, 5.74) is -1.62. The molecule has 0 bridgehead atoms. The highest BCUT2D eigenvalue weighted by Gasteiger charge is 2.42. The first kappa shape index (κ1) is 32.7. The Hall–Kier alpha value is -3.66. The number of rotatable bonds is 5. The van der Waals surface area contributed by atoms with Crippen molar-refractivity contribution in [2.24, 2.45) is 0 Å². The minimum atomic E-state index is -5.32. The molecule has 0 spiro atoms. The van der Waals surface area contributed by atoms with Crippen molar-refractivity contribution < 1.29 is 40.2 Å². The van der Waals surface area contributed by atoms with Crippen LogP contribution in [0.15, 0.2) is 0 Å². The maximum atomic E-state index is 16.5. The van der Waals surface area contributed by atoms with Crippen molar-refractivity contribution in [2.75, 3.05) is 44.3 Å². The molecule has 0 aliphatic carbocycles. The number of hydrogen-bond donors (Lipinski definition) is 3. The third-order valence-corrected chi connectivity index (χ3v) is 8.25. The van der Waals surface area contributed by atoms with Gasteiger partial charge < -0.3 is 25.8 Å². The fraction of sp³-hybridized carbons (Fsp3) is 0.552. The zero-order valence-electron chi connectivity index (χ0n) is 25.1. The van der Waals surface area contributed by atoms with Crippen LogP contribution < -0.4 is 25.8 Å². The first-order valence-electron chi connectivity index (χ1n) is 14.6. The molecule has 2 aliphatic heterocycles. The van der Waals surface area contributed by atoms with Gasteiger partial charge >= 0.3 is 12.2 Å². The Balaban J connectivity index is 1.77. The van der Waals surface area contributed by atoms with Gasteiger partial charge in [0.2, 0.25) is 5.88 Å². The van der Waals surface area contributed by atoms with Crippen LogP contribution in [-0.2, 0) is 6.18 Å². The van der Waals surface area contributed by atoms with Crippen LogP contribution in [0.2, 0.25) is 0 Å². The first-order chi connectivity index (χ1) is 21.2. The van der Waals surface area contributed by atoms with Crippen molar-refractivity contribution >= 4 is 22.4 Å². The van der Waals surface area contributed by atoms with Gasteiger partial charge in [-0.3, -0.25) is 4.90 Å². The number of benzene rings is 1. The number of nitrogens with zero attached hydrogens (tertiary/aromatic N) is 4. The molecule has 1 saturated heterocycles. The molecule has 16 heteroatoms. The molecule has 1 aromatic carbocycles. The Labute approximate surface area is 254 Å². The molecule has 9 nitrogen and oxygen atoms in total. The SMILES string of the molecule is CCC1CNc2nc(OC[C@@H]3C[C@@H](F)CN3C)nc3c(F)c(-c4c(F)c(N)c(F)c(C)c4C(F)(F)F)nc(c23)O[C@@H](C)CCN1. The van der Waals surface area contributed by atoms with Crippen LogP contribution in [0.1, 0.15) is 44.2 Å². The van der Waals surface area contributed by atoms with Crippen molar-refractivity contribution in [3.05, 3.63) is 28.6 Å². The monoisotopic (exact) mass is 645 g/mol. The predicted octanol–water partition coefficient (Wildman–Crippen LogP) is 5.39. The summed E-state index contributed by atoms with van der Waals surface area (Å²) >= 11 is 0. The summed E-state index contributed by atoms with van der Waals surface area (Å²) in [7, 11) is 1.72. The summed E-state index contributed by atoms with van der Waals surface area (Å²) in [6, 6.07) is -0.755. The summed E-state index contributed by atoms with van der Waals surface area (Å²) in [6.07, 6.45) is -5.66. The Morgan fingerprint density at radius 3 is 2.49 bits per heavy atom. The molecule has 0 amide bonds. The number of hydrogen-bond acceptors (Lipinski definition) is 9. The number of alkyl halides is 4. The maximum Gasteiger partial charge on any atom is 0.417 e. The van der Waals surface area contributed by atoms with Crippen LogP contribution in [0.4, 0.5) is 42.2 Å². The van der Waals surface area contributed by atoms with Crippen LogP contribution in [0, 0.1) is 24.4 Å². The van der Waals surface area contributed by atoms with E-state index in [1.165, 1.54) is 0 Å². The van der Waals surface area contributed by atoms with Crippen molar-refractivity contribution in [1.29, 1.82) is 0 Å². The number of anilines is 2. The van der Waals surface area contributed by atoms with Crippen LogP contribution in [0.5, 0.6) is 11.9 Å². The zero-order valence-corrected chi connectivity index (χ0v) is 25.1.